The van der Waals surface area contributed by atoms with Crippen molar-refractivity contribution in [2.45, 2.75) is 0 Å². The van der Waals surface area contributed by atoms with E-state index < -0.39 is 5.97 Å². The Bertz CT molecular complexity index is 840. The number of halogens is 1. The Kier molecular flexibility index (Phi) is 3.13. The largest absolute Gasteiger partial charge is 0.454 e. The maximum atomic E-state index is 11.9. The minimum absolute atomic E-state index is 0.190. The SMILES string of the molecule is O=C1OC(c2ccc3c(c2)OCO3)=NC1=Cc1ccc(Cl)s1. The van der Waals surface area contributed by atoms with Crippen molar-refractivity contribution in [2.24, 2.45) is 4.99 Å². The molecule has 22 heavy (non-hydrogen) atoms. The van der Waals surface area contributed by atoms with Crippen LogP contribution in [0.3, 0.4) is 0 Å². The number of aliphatic imine (C=N–C) groups is 1. The number of ether oxygens (including phenoxy) is 3. The molecule has 4 rings (SSSR count). The monoisotopic (exact) mass is 333 g/mol. The van der Waals surface area contributed by atoms with Gasteiger partial charge in [-0.3, -0.25) is 0 Å². The second kappa shape index (κ2) is 5.15. The minimum atomic E-state index is -0.489. The van der Waals surface area contributed by atoms with E-state index in [0.29, 0.717) is 21.4 Å². The van der Waals surface area contributed by atoms with Crippen molar-refractivity contribution in [3.05, 3.63) is 50.8 Å². The number of thiophene rings is 1. The fourth-order valence-electron chi connectivity index (χ4n) is 2.10. The number of carbonyl (C=O) groups excluding carboxylic acids is 1. The summed E-state index contributed by atoms with van der Waals surface area (Å²) in [5, 5.41) is 0. The molecule has 1 aromatic carbocycles. The summed E-state index contributed by atoms with van der Waals surface area (Å²) in [5.74, 6) is 1.03. The number of hydrogen-bond acceptors (Lipinski definition) is 6. The molecule has 7 heteroatoms. The third-order valence-electron chi connectivity index (χ3n) is 3.11. The molecule has 0 N–H and O–H groups in total. The van der Waals surface area contributed by atoms with E-state index in [1.165, 1.54) is 11.3 Å². The fourth-order valence-corrected chi connectivity index (χ4v) is 3.10. The van der Waals surface area contributed by atoms with Gasteiger partial charge in [0.05, 0.1) is 4.34 Å². The van der Waals surface area contributed by atoms with Crippen LogP contribution < -0.4 is 9.47 Å². The van der Waals surface area contributed by atoms with Gasteiger partial charge in [0.2, 0.25) is 12.7 Å². The minimum Gasteiger partial charge on any atom is -0.454 e. The summed E-state index contributed by atoms with van der Waals surface area (Å²) in [6.07, 6.45) is 1.65. The van der Waals surface area contributed by atoms with E-state index in [1.807, 2.05) is 6.07 Å². The molecule has 0 aliphatic carbocycles. The highest BCUT2D eigenvalue weighted by molar-refractivity contribution is 7.17. The van der Waals surface area contributed by atoms with Gasteiger partial charge in [0, 0.05) is 10.4 Å². The lowest BCUT2D eigenvalue weighted by molar-refractivity contribution is -0.129. The lowest BCUT2D eigenvalue weighted by atomic mass is 10.2. The molecule has 2 aliphatic rings. The summed E-state index contributed by atoms with van der Waals surface area (Å²) in [5.41, 5.74) is 0.899. The van der Waals surface area contributed by atoms with Gasteiger partial charge >= 0.3 is 5.97 Å². The van der Waals surface area contributed by atoms with Crippen molar-refractivity contribution in [3.8, 4) is 11.5 Å². The van der Waals surface area contributed by atoms with Gasteiger partial charge in [-0.2, -0.15) is 0 Å². The van der Waals surface area contributed by atoms with Gasteiger partial charge in [0.1, 0.15) is 0 Å². The molecule has 0 unspecified atom stereocenters. The van der Waals surface area contributed by atoms with E-state index in [1.54, 1.807) is 30.3 Å². The molecule has 0 saturated heterocycles. The summed E-state index contributed by atoms with van der Waals surface area (Å²) in [6, 6.07) is 8.85. The van der Waals surface area contributed by atoms with Gasteiger partial charge in [0.15, 0.2) is 17.2 Å². The molecule has 0 bridgehead atoms. The second-order valence-electron chi connectivity index (χ2n) is 4.55. The zero-order chi connectivity index (χ0) is 15.1. The van der Waals surface area contributed by atoms with Crippen LogP contribution in [0.25, 0.3) is 6.08 Å². The highest BCUT2D eigenvalue weighted by Gasteiger charge is 2.26. The predicted octanol–water partition coefficient (Wildman–Crippen LogP) is 3.47. The maximum absolute atomic E-state index is 11.9. The fraction of sp³-hybridized carbons (Fsp3) is 0.0667. The molecule has 0 atom stereocenters. The first-order valence-corrected chi connectivity index (χ1v) is 7.56. The first-order valence-electron chi connectivity index (χ1n) is 6.37. The zero-order valence-electron chi connectivity index (χ0n) is 11.0. The van der Waals surface area contributed by atoms with E-state index in [4.69, 9.17) is 25.8 Å². The summed E-state index contributed by atoms with van der Waals surface area (Å²) in [6.45, 7) is 0.190. The quantitative estimate of drug-likeness (QED) is 0.623. The topological polar surface area (TPSA) is 57.1 Å². The van der Waals surface area contributed by atoms with Crippen molar-refractivity contribution >= 4 is 40.9 Å². The average Bonchev–Trinajstić information content (AvgIpc) is 3.20. The van der Waals surface area contributed by atoms with Gasteiger partial charge < -0.3 is 14.2 Å². The third kappa shape index (κ3) is 2.36. The van der Waals surface area contributed by atoms with E-state index in [2.05, 4.69) is 4.99 Å². The molecule has 5 nitrogen and oxygen atoms in total. The molecule has 0 amide bonds. The summed E-state index contributed by atoms with van der Waals surface area (Å²) < 4.78 is 16.4. The van der Waals surface area contributed by atoms with Gasteiger partial charge in [-0.15, -0.1) is 11.3 Å². The Morgan fingerprint density at radius 1 is 1.18 bits per heavy atom. The van der Waals surface area contributed by atoms with E-state index in [-0.39, 0.29) is 18.4 Å². The molecule has 0 spiro atoms. The smallest absolute Gasteiger partial charge is 0.363 e. The maximum Gasteiger partial charge on any atom is 0.363 e. The Morgan fingerprint density at radius 3 is 2.86 bits per heavy atom. The van der Waals surface area contributed by atoms with Crippen LogP contribution in [-0.2, 0) is 9.53 Å². The van der Waals surface area contributed by atoms with Crippen LogP contribution in [0, 0.1) is 0 Å². The lowest BCUT2D eigenvalue weighted by Gasteiger charge is -2.01. The van der Waals surface area contributed by atoms with Crippen LogP contribution in [0.2, 0.25) is 4.34 Å². The second-order valence-corrected chi connectivity index (χ2v) is 6.29. The first-order chi connectivity index (χ1) is 10.7. The number of esters is 1. The number of fused-ring (bicyclic) bond motifs is 1. The Balaban J connectivity index is 1.67. The molecule has 0 saturated carbocycles. The summed E-state index contributed by atoms with van der Waals surface area (Å²) >= 11 is 7.24. The van der Waals surface area contributed by atoms with Crippen molar-refractivity contribution in [1.29, 1.82) is 0 Å². The van der Waals surface area contributed by atoms with E-state index in [0.717, 1.165) is 4.88 Å². The highest BCUT2D eigenvalue weighted by atomic mass is 35.5. The number of cyclic esters (lactones) is 1. The molecule has 110 valence electrons. The van der Waals surface area contributed by atoms with E-state index >= 15 is 0 Å². The van der Waals surface area contributed by atoms with Gasteiger partial charge in [-0.25, -0.2) is 9.79 Å². The molecule has 2 aromatic rings. The Labute approximate surface area is 134 Å². The molecule has 3 heterocycles. The van der Waals surface area contributed by atoms with Gasteiger partial charge in [-0.1, -0.05) is 11.6 Å². The number of carbonyl (C=O) groups is 1. The number of hydrogen-bond donors (Lipinski definition) is 0. The van der Waals surface area contributed by atoms with Crippen LogP contribution in [0.5, 0.6) is 11.5 Å². The van der Waals surface area contributed by atoms with Crippen molar-refractivity contribution < 1.29 is 19.0 Å². The molecule has 0 radical (unpaired) electrons. The zero-order valence-corrected chi connectivity index (χ0v) is 12.6. The average molecular weight is 334 g/mol. The molecule has 1 aromatic heterocycles. The van der Waals surface area contributed by atoms with Crippen molar-refractivity contribution in [1.82, 2.24) is 0 Å². The normalized spacial score (nSPS) is 17.8. The van der Waals surface area contributed by atoms with Crippen LogP contribution in [0.15, 0.2) is 41.0 Å². The number of rotatable bonds is 2. The molecule has 0 fully saturated rings. The Morgan fingerprint density at radius 2 is 2.05 bits per heavy atom. The standard InChI is InChI=1S/C15H8ClNO4S/c16-13-4-2-9(22-13)6-10-15(18)21-14(17-10)8-1-3-11-12(5-8)20-7-19-11/h1-6H,7H2. The van der Waals surface area contributed by atoms with Crippen LogP contribution in [-0.4, -0.2) is 18.7 Å². The predicted molar refractivity (Wildman–Crippen MR) is 82.5 cm³/mol. The van der Waals surface area contributed by atoms with Crippen LogP contribution >= 0.6 is 22.9 Å². The summed E-state index contributed by atoms with van der Waals surface area (Å²) in [4.78, 5) is 17.0. The Hall–Kier alpha value is -2.31. The lowest BCUT2D eigenvalue weighted by Crippen LogP contribution is -2.05. The van der Waals surface area contributed by atoms with Crippen LogP contribution in [0.4, 0.5) is 0 Å². The van der Waals surface area contributed by atoms with Crippen molar-refractivity contribution in [3.63, 3.8) is 0 Å². The molecule has 2 aliphatic heterocycles. The molecular formula is C15H8ClNO4S. The van der Waals surface area contributed by atoms with Crippen LogP contribution in [0.1, 0.15) is 10.4 Å². The third-order valence-corrected chi connectivity index (χ3v) is 4.29. The summed E-state index contributed by atoms with van der Waals surface area (Å²) in [7, 11) is 0. The highest BCUT2D eigenvalue weighted by Crippen LogP contribution is 2.33. The molecular weight excluding hydrogens is 326 g/mol. The van der Waals surface area contributed by atoms with E-state index in [9.17, 15) is 4.79 Å². The number of benzene rings is 1. The van der Waals surface area contributed by atoms with Gasteiger partial charge in [-0.05, 0) is 36.4 Å². The van der Waals surface area contributed by atoms with Gasteiger partial charge in [0.25, 0.3) is 0 Å². The van der Waals surface area contributed by atoms with Crippen molar-refractivity contribution in [2.75, 3.05) is 6.79 Å². The first kappa shape index (κ1) is 13.4. The number of nitrogens with zero attached hydrogens (tertiary/aromatic N) is 1.